The Labute approximate surface area is 73.9 Å². The molecule has 0 saturated carbocycles. The summed E-state index contributed by atoms with van der Waals surface area (Å²) in [5, 5.41) is 0. The van der Waals surface area contributed by atoms with Crippen LogP contribution in [0.4, 0.5) is 0 Å². The van der Waals surface area contributed by atoms with Crippen molar-refractivity contribution < 1.29 is 4.79 Å². The van der Waals surface area contributed by atoms with E-state index in [0.717, 1.165) is 12.8 Å². The van der Waals surface area contributed by atoms with Crippen molar-refractivity contribution in [2.45, 2.75) is 45.2 Å². The van der Waals surface area contributed by atoms with Gasteiger partial charge in [0.1, 0.15) is 0 Å². The van der Waals surface area contributed by atoms with Crippen LogP contribution in [0.5, 0.6) is 0 Å². The monoisotopic (exact) mass is 170 g/mol. The lowest BCUT2D eigenvalue weighted by atomic mass is 10.2. The summed E-state index contributed by atoms with van der Waals surface area (Å²) in [4.78, 5) is 13.5. The van der Waals surface area contributed by atoms with E-state index >= 15 is 0 Å². The van der Waals surface area contributed by atoms with Gasteiger partial charge in [-0.15, -0.1) is 0 Å². The summed E-state index contributed by atoms with van der Waals surface area (Å²) < 4.78 is 0. The van der Waals surface area contributed by atoms with E-state index in [1.807, 2.05) is 4.90 Å². The van der Waals surface area contributed by atoms with E-state index in [9.17, 15) is 4.79 Å². The first-order valence-corrected chi connectivity index (χ1v) is 4.68. The Morgan fingerprint density at radius 2 is 1.92 bits per heavy atom. The van der Waals surface area contributed by atoms with Crippen molar-refractivity contribution in [2.24, 2.45) is 5.73 Å². The third kappa shape index (κ3) is 1.78. The maximum atomic E-state index is 11.5. The van der Waals surface area contributed by atoms with E-state index in [0.29, 0.717) is 25.0 Å². The average Bonchev–Trinajstić information content (AvgIpc) is 2.32. The molecule has 0 aromatic rings. The van der Waals surface area contributed by atoms with Gasteiger partial charge in [0.05, 0.1) is 0 Å². The second-order valence-corrected chi connectivity index (χ2v) is 3.62. The Bertz CT molecular complexity index is 160. The molecule has 1 rings (SSSR count). The van der Waals surface area contributed by atoms with Crippen molar-refractivity contribution in [3.8, 4) is 0 Å². The lowest BCUT2D eigenvalue weighted by Crippen LogP contribution is -2.39. The molecule has 70 valence electrons. The number of likely N-dealkylation sites (tertiary alicyclic amines) is 1. The standard InChI is InChI=1S/C9H18N2O/c1-7-3-4-8(2)11(7)9(12)5-6-10/h7-8H,3-6,10H2,1-2H3. The molecule has 12 heavy (non-hydrogen) atoms. The first-order chi connectivity index (χ1) is 5.66. The van der Waals surface area contributed by atoms with Crippen LogP contribution in [0.1, 0.15) is 33.1 Å². The van der Waals surface area contributed by atoms with Gasteiger partial charge in [0.25, 0.3) is 0 Å². The van der Waals surface area contributed by atoms with Crippen molar-refractivity contribution in [1.82, 2.24) is 4.90 Å². The molecule has 0 spiro atoms. The molecule has 1 heterocycles. The zero-order chi connectivity index (χ0) is 9.14. The van der Waals surface area contributed by atoms with E-state index in [1.54, 1.807) is 0 Å². The number of hydrogen-bond acceptors (Lipinski definition) is 2. The fourth-order valence-corrected chi connectivity index (χ4v) is 1.94. The summed E-state index contributed by atoms with van der Waals surface area (Å²) in [6.45, 7) is 4.69. The number of nitrogens with two attached hydrogens (primary N) is 1. The molecule has 2 atom stereocenters. The van der Waals surface area contributed by atoms with Gasteiger partial charge in [-0.3, -0.25) is 4.79 Å². The van der Waals surface area contributed by atoms with Crippen LogP contribution in [-0.2, 0) is 4.79 Å². The Hall–Kier alpha value is -0.570. The molecule has 0 aromatic heterocycles. The topological polar surface area (TPSA) is 46.3 Å². The molecular formula is C9H18N2O. The summed E-state index contributed by atoms with van der Waals surface area (Å²) in [7, 11) is 0. The minimum Gasteiger partial charge on any atom is -0.337 e. The van der Waals surface area contributed by atoms with Gasteiger partial charge in [-0.2, -0.15) is 0 Å². The zero-order valence-electron chi connectivity index (χ0n) is 7.92. The van der Waals surface area contributed by atoms with Crippen molar-refractivity contribution in [2.75, 3.05) is 6.54 Å². The lowest BCUT2D eigenvalue weighted by Gasteiger charge is -2.26. The van der Waals surface area contributed by atoms with Crippen LogP contribution in [0.15, 0.2) is 0 Å². The molecule has 0 radical (unpaired) electrons. The molecule has 1 aliphatic rings. The number of carbonyl (C=O) groups is 1. The molecule has 1 fully saturated rings. The molecule has 2 N–H and O–H groups in total. The second kappa shape index (κ2) is 3.90. The first kappa shape index (κ1) is 9.52. The number of amides is 1. The SMILES string of the molecule is CC1CCC(C)N1C(=O)CCN. The highest BCUT2D eigenvalue weighted by Gasteiger charge is 2.30. The van der Waals surface area contributed by atoms with Gasteiger partial charge < -0.3 is 10.6 Å². The molecule has 1 aliphatic heterocycles. The van der Waals surface area contributed by atoms with Gasteiger partial charge in [-0.25, -0.2) is 0 Å². The number of nitrogens with zero attached hydrogens (tertiary/aromatic N) is 1. The molecule has 3 heteroatoms. The highest BCUT2D eigenvalue weighted by molar-refractivity contribution is 5.77. The van der Waals surface area contributed by atoms with Gasteiger partial charge in [-0.05, 0) is 26.7 Å². The third-order valence-electron chi connectivity index (χ3n) is 2.60. The second-order valence-electron chi connectivity index (χ2n) is 3.62. The molecule has 1 amide bonds. The van der Waals surface area contributed by atoms with E-state index in [4.69, 9.17) is 5.73 Å². The smallest absolute Gasteiger partial charge is 0.224 e. The molecular weight excluding hydrogens is 152 g/mol. The van der Waals surface area contributed by atoms with Gasteiger partial charge in [0.2, 0.25) is 5.91 Å². The summed E-state index contributed by atoms with van der Waals surface area (Å²) in [6.07, 6.45) is 2.77. The average molecular weight is 170 g/mol. The summed E-state index contributed by atoms with van der Waals surface area (Å²) in [5.74, 6) is 0.218. The highest BCUT2D eigenvalue weighted by atomic mass is 16.2. The van der Waals surface area contributed by atoms with Gasteiger partial charge in [0.15, 0.2) is 0 Å². The normalized spacial score (nSPS) is 29.4. The van der Waals surface area contributed by atoms with Gasteiger partial charge >= 0.3 is 0 Å². The minimum atomic E-state index is 0.218. The molecule has 0 bridgehead atoms. The van der Waals surface area contributed by atoms with Crippen LogP contribution < -0.4 is 5.73 Å². The van der Waals surface area contributed by atoms with Crippen LogP contribution in [0.25, 0.3) is 0 Å². The lowest BCUT2D eigenvalue weighted by molar-refractivity contribution is -0.133. The van der Waals surface area contributed by atoms with Crippen molar-refractivity contribution in [1.29, 1.82) is 0 Å². The highest BCUT2D eigenvalue weighted by Crippen LogP contribution is 2.23. The first-order valence-electron chi connectivity index (χ1n) is 4.68. The predicted molar refractivity (Wildman–Crippen MR) is 48.7 cm³/mol. The summed E-state index contributed by atoms with van der Waals surface area (Å²) in [5.41, 5.74) is 5.34. The van der Waals surface area contributed by atoms with Crippen LogP contribution >= 0.6 is 0 Å². The van der Waals surface area contributed by atoms with Crippen molar-refractivity contribution >= 4 is 5.91 Å². The number of carbonyl (C=O) groups excluding carboxylic acids is 1. The minimum absolute atomic E-state index is 0.218. The fraction of sp³-hybridized carbons (Fsp3) is 0.889. The molecule has 1 saturated heterocycles. The largest absolute Gasteiger partial charge is 0.337 e. The summed E-state index contributed by atoms with van der Waals surface area (Å²) >= 11 is 0. The van der Waals surface area contributed by atoms with E-state index < -0.39 is 0 Å². The van der Waals surface area contributed by atoms with E-state index in [2.05, 4.69) is 13.8 Å². The van der Waals surface area contributed by atoms with Crippen molar-refractivity contribution in [3.63, 3.8) is 0 Å². The summed E-state index contributed by atoms with van der Waals surface area (Å²) in [6, 6.07) is 0.832. The van der Waals surface area contributed by atoms with E-state index in [1.165, 1.54) is 0 Å². The predicted octanol–water partition coefficient (Wildman–Crippen LogP) is 0.735. The Morgan fingerprint density at radius 3 is 2.33 bits per heavy atom. The third-order valence-corrected chi connectivity index (χ3v) is 2.60. The van der Waals surface area contributed by atoms with Crippen LogP contribution in [0.3, 0.4) is 0 Å². The van der Waals surface area contributed by atoms with Crippen LogP contribution in [0.2, 0.25) is 0 Å². The van der Waals surface area contributed by atoms with Crippen LogP contribution in [0, 0.1) is 0 Å². The number of rotatable bonds is 2. The molecule has 0 aliphatic carbocycles. The van der Waals surface area contributed by atoms with Crippen molar-refractivity contribution in [3.05, 3.63) is 0 Å². The quantitative estimate of drug-likeness (QED) is 0.664. The zero-order valence-corrected chi connectivity index (χ0v) is 7.92. The maximum Gasteiger partial charge on any atom is 0.224 e. The van der Waals surface area contributed by atoms with E-state index in [-0.39, 0.29) is 5.91 Å². The number of hydrogen-bond donors (Lipinski definition) is 1. The molecule has 3 nitrogen and oxygen atoms in total. The maximum absolute atomic E-state index is 11.5. The fourth-order valence-electron chi connectivity index (χ4n) is 1.94. The molecule has 0 aromatic carbocycles. The Morgan fingerprint density at radius 1 is 1.42 bits per heavy atom. The van der Waals surface area contributed by atoms with Gasteiger partial charge in [0, 0.05) is 25.0 Å². The Kier molecular flexibility index (Phi) is 3.09. The van der Waals surface area contributed by atoms with Gasteiger partial charge in [-0.1, -0.05) is 0 Å². The van der Waals surface area contributed by atoms with Crippen LogP contribution in [-0.4, -0.2) is 29.4 Å². The Balaban J connectivity index is 2.53. The molecule has 2 unspecified atom stereocenters.